The van der Waals surface area contributed by atoms with Crippen molar-refractivity contribution in [3.8, 4) is 0 Å². The van der Waals surface area contributed by atoms with Crippen LogP contribution in [0.4, 0.5) is 0 Å². The van der Waals surface area contributed by atoms with Crippen molar-refractivity contribution in [2.75, 3.05) is 11.5 Å². The fraction of sp³-hybridized carbons (Fsp3) is 0.400. The number of carboxylic acid groups (broad SMARTS) is 1. The van der Waals surface area contributed by atoms with Crippen LogP contribution in [0.25, 0.3) is 0 Å². The van der Waals surface area contributed by atoms with Crippen molar-refractivity contribution in [1.29, 1.82) is 0 Å². The van der Waals surface area contributed by atoms with Crippen LogP contribution in [0.15, 0.2) is 26.6 Å². The van der Waals surface area contributed by atoms with Crippen molar-refractivity contribution in [3.63, 3.8) is 0 Å². The molecule has 2 atom stereocenters. The van der Waals surface area contributed by atoms with E-state index < -0.39 is 23.3 Å². The van der Waals surface area contributed by atoms with Crippen molar-refractivity contribution in [2.45, 2.75) is 23.0 Å². The van der Waals surface area contributed by atoms with Gasteiger partial charge < -0.3 is 10.4 Å². The molecule has 0 aromatic carbocycles. The van der Waals surface area contributed by atoms with Gasteiger partial charge in [-0.2, -0.15) is 4.80 Å². The summed E-state index contributed by atoms with van der Waals surface area (Å²) < 4.78 is -0.0927. The number of amides is 2. The SMILES string of the molecule is Cn1nnc(SCC2=C(C(=O)O)N3C(=O)C(NC(=O)Cc4csc(=O)s4)C3SC2)n1. The highest BCUT2D eigenvalue weighted by atomic mass is 32.2. The lowest BCUT2D eigenvalue weighted by Gasteiger charge is -2.49. The summed E-state index contributed by atoms with van der Waals surface area (Å²) in [6, 6.07) is -0.789. The van der Waals surface area contributed by atoms with E-state index in [9.17, 15) is 24.3 Å². The first-order valence-electron chi connectivity index (χ1n) is 8.47. The lowest BCUT2D eigenvalue weighted by atomic mass is 10.0. The van der Waals surface area contributed by atoms with E-state index in [1.165, 1.54) is 33.2 Å². The molecule has 2 N–H and O–H groups in total. The van der Waals surface area contributed by atoms with E-state index in [2.05, 4.69) is 20.7 Å². The maximum Gasteiger partial charge on any atom is 0.352 e. The third kappa shape index (κ3) is 4.14. The number of aryl methyl sites for hydroxylation is 1. The van der Waals surface area contributed by atoms with Crippen molar-refractivity contribution < 1.29 is 19.5 Å². The number of nitrogens with zero attached hydrogens (tertiary/aromatic N) is 5. The molecule has 2 aromatic heterocycles. The Bertz CT molecular complexity index is 1110. The van der Waals surface area contributed by atoms with Crippen LogP contribution in [0.3, 0.4) is 0 Å². The highest BCUT2D eigenvalue weighted by Gasteiger charge is 2.54. The van der Waals surface area contributed by atoms with Gasteiger partial charge in [0.15, 0.2) is 0 Å². The minimum Gasteiger partial charge on any atom is -0.477 e. The fourth-order valence-corrected chi connectivity index (χ4v) is 7.01. The zero-order valence-electron chi connectivity index (χ0n) is 15.3. The molecular formula is C15H14N6O5S4. The van der Waals surface area contributed by atoms with Crippen LogP contribution < -0.4 is 9.37 Å². The Morgan fingerprint density at radius 3 is 2.83 bits per heavy atom. The molecule has 158 valence electrons. The largest absolute Gasteiger partial charge is 0.477 e. The molecule has 4 heterocycles. The van der Waals surface area contributed by atoms with Gasteiger partial charge in [0.1, 0.15) is 17.1 Å². The van der Waals surface area contributed by atoms with Crippen LogP contribution in [0.5, 0.6) is 0 Å². The van der Waals surface area contributed by atoms with Gasteiger partial charge >= 0.3 is 5.97 Å². The predicted molar refractivity (Wildman–Crippen MR) is 111 cm³/mol. The molecule has 11 nitrogen and oxygen atoms in total. The first-order valence-corrected chi connectivity index (χ1v) is 12.2. The second-order valence-corrected chi connectivity index (χ2v) is 10.5. The Labute approximate surface area is 185 Å². The van der Waals surface area contributed by atoms with Crippen LogP contribution in [-0.4, -0.2) is 70.9 Å². The summed E-state index contributed by atoms with van der Waals surface area (Å²) in [5.74, 6) is -1.31. The van der Waals surface area contributed by atoms with E-state index in [0.717, 1.165) is 22.7 Å². The molecule has 2 amide bonds. The number of hydrogen-bond acceptors (Lipinski definition) is 11. The van der Waals surface area contributed by atoms with Gasteiger partial charge in [-0.15, -0.1) is 22.0 Å². The van der Waals surface area contributed by atoms with Gasteiger partial charge in [0.05, 0.1) is 13.5 Å². The predicted octanol–water partition coefficient (Wildman–Crippen LogP) is -0.233. The van der Waals surface area contributed by atoms with Crippen LogP contribution in [0.1, 0.15) is 4.88 Å². The molecule has 15 heteroatoms. The molecule has 0 aliphatic carbocycles. The zero-order chi connectivity index (χ0) is 21.4. The summed E-state index contributed by atoms with van der Waals surface area (Å²) in [5, 5.41) is 25.5. The number of thioether (sulfide) groups is 2. The Kier molecular flexibility index (Phi) is 5.95. The average Bonchev–Trinajstić information content (AvgIpc) is 3.31. The maximum atomic E-state index is 12.6. The number of carboxylic acids is 1. The van der Waals surface area contributed by atoms with E-state index in [1.807, 2.05) is 0 Å². The summed E-state index contributed by atoms with van der Waals surface area (Å²) in [6.45, 7) is 0. The Hall–Kier alpha value is -2.23. The standard InChI is InChI=1S/C15H14N6O5S4/c1-20-18-14(17-19-20)28-4-6-3-27-12-9(11(23)21(12)10(6)13(24)25)16-8(22)2-7-5-29-15(26)30-7/h5,9,12H,2-4H2,1H3,(H,16,22)(H,24,25). The summed E-state index contributed by atoms with van der Waals surface area (Å²) in [7, 11) is 1.63. The number of carbonyl (C=O) groups is 3. The molecule has 2 aliphatic heterocycles. The third-order valence-electron chi connectivity index (χ3n) is 4.27. The number of tetrazole rings is 1. The van der Waals surface area contributed by atoms with E-state index in [4.69, 9.17) is 0 Å². The molecule has 0 radical (unpaired) electrons. The van der Waals surface area contributed by atoms with Crippen LogP contribution in [0.2, 0.25) is 0 Å². The van der Waals surface area contributed by atoms with Crippen molar-refractivity contribution in [2.24, 2.45) is 7.05 Å². The normalized spacial score (nSPS) is 20.7. The van der Waals surface area contributed by atoms with Crippen LogP contribution in [-0.2, 0) is 27.9 Å². The number of nitrogens with one attached hydrogen (secondary N) is 1. The molecule has 2 unspecified atom stereocenters. The summed E-state index contributed by atoms with van der Waals surface area (Å²) in [4.78, 5) is 51.1. The van der Waals surface area contributed by atoms with Gasteiger partial charge in [0.25, 0.3) is 9.96 Å². The monoisotopic (exact) mass is 486 g/mol. The average molecular weight is 487 g/mol. The molecule has 30 heavy (non-hydrogen) atoms. The number of rotatable bonds is 7. The molecule has 1 saturated heterocycles. The topological polar surface area (TPSA) is 147 Å². The second kappa shape index (κ2) is 8.49. The van der Waals surface area contributed by atoms with Crippen LogP contribution >= 0.6 is 46.2 Å². The van der Waals surface area contributed by atoms with Gasteiger partial charge in [-0.05, 0) is 10.8 Å². The van der Waals surface area contributed by atoms with E-state index in [-0.39, 0.29) is 22.1 Å². The molecule has 4 rings (SSSR count). The van der Waals surface area contributed by atoms with Gasteiger partial charge in [0.2, 0.25) is 11.1 Å². The van der Waals surface area contributed by atoms with Crippen molar-refractivity contribution in [3.05, 3.63) is 30.4 Å². The fourth-order valence-electron chi connectivity index (χ4n) is 3.00. The minimum absolute atomic E-state index is 0.0131. The molecule has 0 spiro atoms. The highest BCUT2D eigenvalue weighted by Crippen LogP contribution is 2.41. The minimum atomic E-state index is -1.19. The molecular weight excluding hydrogens is 472 g/mol. The lowest BCUT2D eigenvalue weighted by molar-refractivity contribution is -0.150. The summed E-state index contributed by atoms with van der Waals surface area (Å²) >= 11 is 4.66. The number of aliphatic carboxylic acids is 1. The number of β-lactam (4-membered cyclic amide) rings is 1. The first-order chi connectivity index (χ1) is 14.3. The van der Waals surface area contributed by atoms with Crippen molar-refractivity contribution in [1.82, 2.24) is 30.4 Å². The Morgan fingerprint density at radius 1 is 1.40 bits per heavy atom. The van der Waals surface area contributed by atoms with Gasteiger partial charge in [0, 0.05) is 21.8 Å². The van der Waals surface area contributed by atoms with Gasteiger partial charge in [-0.3, -0.25) is 19.3 Å². The van der Waals surface area contributed by atoms with Crippen LogP contribution in [0, 0.1) is 0 Å². The number of aromatic nitrogens is 4. The maximum absolute atomic E-state index is 12.6. The number of hydrogen-bond donors (Lipinski definition) is 2. The number of carbonyl (C=O) groups excluding carboxylic acids is 2. The summed E-state index contributed by atoms with van der Waals surface area (Å²) in [5.41, 5.74) is 0.532. The molecule has 0 saturated carbocycles. The quantitative estimate of drug-likeness (QED) is 0.397. The Morgan fingerprint density at radius 2 is 2.20 bits per heavy atom. The lowest BCUT2D eigenvalue weighted by Crippen LogP contribution is -2.70. The first kappa shape index (κ1) is 21.0. The van der Waals surface area contributed by atoms with Crippen molar-refractivity contribution >= 4 is 64.0 Å². The number of fused-ring (bicyclic) bond motifs is 1. The van der Waals surface area contributed by atoms with Gasteiger partial charge in [-0.25, -0.2) is 4.79 Å². The molecule has 1 fully saturated rings. The third-order valence-corrected chi connectivity index (χ3v) is 8.50. The second-order valence-electron chi connectivity index (χ2n) is 6.29. The van der Waals surface area contributed by atoms with E-state index in [1.54, 1.807) is 12.4 Å². The zero-order valence-corrected chi connectivity index (χ0v) is 18.6. The molecule has 2 aliphatic rings. The molecule has 0 bridgehead atoms. The molecule has 2 aromatic rings. The van der Waals surface area contributed by atoms with E-state index >= 15 is 0 Å². The Balaban J connectivity index is 1.43. The smallest absolute Gasteiger partial charge is 0.352 e. The highest BCUT2D eigenvalue weighted by molar-refractivity contribution is 8.01. The summed E-state index contributed by atoms with van der Waals surface area (Å²) in [6.07, 6.45) is 0.0131. The van der Waals surface area contributed by atoms with Gasteiger partial charge in [-0.1, -0.05) is 34.4 Å². The van der Waals surface area contributed by atoms with E-state index in [0.29, 0.717) is 27.1 Å².